The molecule has 140 valence electrons. The molecule has 0 spiro atoms. The first-order valence-electron chi connectivity index (χ1n) is 7.52. The Balaban J connectivity index is 2.10. The SMILES string of the molecule is Cc1ccc(NC(=O)COc2ccc(Br)cc2F)cc1S(=O)(=O)N(C)C. The average Bonchev–Trinajstić information content (AvgIpc) is 2.55. The number of anilines is 1. The number of carbonyl (C=O) groups excluding carboxylic acids is 1. The Morgan fingerprint density at radius 2 is 1.92 bits per heavy atom. The summed E-state index contributed by atoms with van der Waals surface area (Å²) in [5.74, 6) is -1.19. The molecular formula is C17H18BrFN2O4S. The van der Waals surface area contributed by atoms with E-state index in [9.17, 15) is 17.6 Å². The van der Waals surface area contributed by atoms with Crippen LogP contribution in [0.15, 0.2) is 45.8 Å². The third-order valence-corrected chi connectivity index (χ3v) is 5.93. The van der Waals surface area contributed by atoms with Gasteiger partial charge in [0.2, 0.25) is 10.0 Å². The summed E-state index contributed by atoms with van der Waals surface area (Å²) < 4.78 is 45.1. The Kier molecular flexibility index (Phi) is 6.38. The Morgan fingerprint density at radius 3 is 2.54 bits per heavy atom. The maximum absolute atomic E-state index is 13.7. The molecule has 0 unspecified atom stereocenters. The number of aryl methyl sites for hydroxylation is 1. The van der Waals surface area contributed by atoms with E-state index in [4.69, 9.17) is 4.74 Å². The number of halogens is 2. The molecule has 0 aromatic heterocycles. The molecule has 2 aromatic rings. The van der Waals surface area contributed by atoms with Crippen molar-refractivity contribution in [3.63, 3.8) is 0 Å². The molecule has 0 aliphatic heterocycles. The lowest BCUT2D eigenvalue weighted by Crippen LogP contribution is -2.24. The molecule has 0 fully saturated rings. The number of amides is 1. The van der Waals surface area contributed by atoms with Gasteiger partial charge < -0.3 is 10.1 Å². The van der Waals surface area contributed by atoms with Gasteiger partial charge in [-0.3, -0.25) is 4.79 Å². The molecule has 0 atom stereocenters. The number of ether oxygens (including phenoxy) is 1. The van der Waals surface area contributed by atoms with E-state index >= 15 is 0 Å². The molecule has 26 heavy (non-hydrogen) atoms. The van der Waals surface area contributed by atoms with Crippen molar-refractivity contribution in [1.29, 1.82) is 0 Å². The third-order valence-electron chi connectivity index (χ3n) is 3.48. The van der Waals surface area contributed by atoms with Gasteiger partial charge in [-0.1, -0.05) is 22.0 Å². The van der Waals surface area contributed by atoms with Gasteiger partial charge in [0.15, 0.2) is 18.2 Å². The maximum Gasteiger partial charge on any atom is 0.262 e. The van der Waals surface area contributed by atoms with Gasteiger partial charge >= 0.3 is 0 Å². The zero-order chi connectivity index (χ0) is 19.5. The quantitative estimate of drug-likeness (QED) is 0.742. The molecule has 0 saturated carbocycles. The van der Waals surface area contributed by atoms with Crippen LogP contribution >= 0.6 is 15.9 Å². The van der Waals surface area contributed by atoms with E-state index in [2.05, 4.69) is 21.2 Å². The van der Waals surface area contributed by atoms with Crippen LogP contribution in [-0.2, 0) is 14.8 Å². The van der Waals surface area contributed by atoms with Crippen molar-refractivity contribution in [3.8, 4) is 5.75 Å². The minimum absolute atomic E-state index is 0.0527. The van der Waals surface area contributed by atoms with Crippen LogP contribution < -0.4 is 10.1 Å². The summed E-state index contributed by atoms with van der Waals surface area (Å²) in [6, 6.07) is 8.78. The van der Waals surface area contributed by atoms with Gasteiger partial charge in [-0.05, 0) is 42.8 Å². The van der Waals surface area contributed by atoms with E-state index < -0.39 is 28.4 Å². The molecule has 1 amide bonds. The topological polar surface area (TPSA) is 75.7 Å². The van der Waals surface area contributed by atoms with E-state index in [1.165, 1.54) is 32.3 Å². The molecule has 2 aromatic carbocycles. The first kappa shape index (κ1) is 20.3. The smallest absolute Gasteiger partial charge is 0.262 e. The molecule has 6 nitrogen and oxygen atoms in total. The van der Waals surface area contributed by atoms with Gasteiger partial charge in [0.1, 0.15) is 0 Å². The lowest BCUT2D eigenvalue weighted by atomic mass is 10.2. The molecule has 0 aliphatic carbocycles. The largest absolute Gasteiger partial charge is 0.481 e. The number of nitrogens with zero attached hydrogens (tertiary/aromatic N) is 1. The number of sulfonamides is 1. The minimum atomic E-state index is -3.63. The van der Waals surface area contributed by atoms with E-state index in [0.717, 1.165) is 4.31 Å². The first-order chi connectivity index (χ1) is 12.1. The standard InChI is InChI=1S/C17H18BrFN2O4S/c1-11-4-6-13(9-16(11)26(23,24)21(2)3)20-17(22)10-25-15-7-5-12(18)8-14(15)19/h4-9H,10H2,1-3H3,(H,20,22). The number of benzene rings is 2. The third kappa shape index (κ3) is 4.80. The molecule has 1 N–H and O–H groups in total. The maximum atomic E-state index is 13.7. The lowest BCUT2D eigenvalue weighted by Gasteiger charge is -2.15. The van der Waals surface area contributed by atoms with Crippen LogP contribution in [0.2, 0.25) is 0 Å². The zero-order valence-corrected chi connectivity index (χ0v) is 16.8. The minimum Gasteiger partial charge on any atom is -0.481 e. The Hall–Kier alpha value is -1.97. The summed E-state index contributed by atoms with van der Waals surface area (Å²) in [4.78, 5) is 12.1. The number of carbonyl (C=O) groups is 1. The highest BCUT2D eigenvalue weighted by atomic mass is 79.9. The van der Waals surface area contributed by atoms with Crippen molar-refractivity contribution in [1.82, 2.24) is 4.31 Å². The second kappa shape index (κ2) is 8.15. The average molecular weight is 445 g/mol. The van der Waals surface area contributed by atoms with Crippen LogP contribution in [0.5, 0.6) is 5.75 Å². The van der Waals surface area contributed by atoms with Crippen LogP contribution in [-0.4, -0.2) is 39.3 Å². The lowest BCUT2D eigenvalue weighted by molar-refractivity contribution is -0.118. The van der Waals surface area contributed by atoms with Crippen LogP contribution in [0, 0.1) is 12.7 Å². The second-order valence-corrected chi connectivity index (χ2v) is 8.72. The van der Waals surface area contributed by atoms with Gasteiger partial charge in [-0.25, -0.2) is 17.1 Å². The van der Waals surface area contributed by atoms with E-state index in [1.54, 1.807) is 25.1 Å². The van der Waals surface area contributed by atoms with Gasteiger partial charge in [-0.2, -0.15) is 0 Å². The van der Waals surface area contributed by atoms with Gasteiger partial charge in [-0.15, -0.1) is 0 Å². The van der Waals surface area contributed by atoms with Crippen molar-refractivity contribution in [2.24, 2.45) is 0 Å². The van der Waals surface area contributed by atoms with Crippen molar-refractivity contribution >= 4 is 37.5 Å². The van der Waals surface area contributed by atoms with Gasteiger partial charge in [0.25, 0.3) is 5.91 Å². The highest BCUT2D eigenvalue weighted by molar-refractivity contribution is 9.10. The van der Waals surface area contributed by atoms with Crippen LogP contribution in [0.1, 0.15) is 5.56 Å². The zero-order valence-electron chi connectivity index (χ0n) is 14.4. The van der Waals surface area contributed by atoms with Crippen molar-refractivity contribution in [2.75, 3.05) is 26.0 Å². The van der Waals surface area contributed by atoms with Crippen LogP contribution in [0.3, 0.4) is 0 Å². The molecule has 0 saturated heterocycles. The van der Waals surface area contributed by atoms with E-state index in [1.807, 2.05) is 0 Å². The molecule has 0 aliphatic rings. The van der Waals surface area contributed by atoms with Crippen molar-refractivity contribution in [3.05, 3.63) is 52.3 Å². The van der Waals surface area contributed by atoms with Crippen LogP contribution in [0.25, 0.3) is 0 Å². The van der Waals surface area contributed by atoms with E-state index in [0.29, 0.717) is 15.7 Å². The number of hydrogen-bond donors (Lipinski definition) is 1. The molecule has 0 radical (unpaired) electrons. The normalized spacial score (nSPS) is 11.5. The number of nitrogens with one attached hydrogen (secondary N) is 1. The summed E-state index contributed by atoms with van der Waals surface area (Å²) >= 11 is 3.13. The molecule has 0 heterocycles. The monoisotopic (exact) mass is 444 g/mol. The van der Waals surface area contributed by atoms with Crippen molar-refractivity contribution in [2.45, 2.75) is 11.8 Å². The first-order valence-corrected chi connectivity index (χ1v) is 9.75. The highest BCUT2D eigenvalue weighted by Crippen LogP contribution is 2.23. The summed E-state index contributed by atoms with van der Waals surface area (Å²) in [7, 11) is -0.772. The van der Waals surface area contributed by atoms with Gasteiger partial charge in [0, 0.05) is 24.3 Å². The van der Waals surface area contributed by atoms with Crippen molar-refractivity contribution < 1.29 is 22.3 Å². The number of hydrogen-bond acceptors (Lipinski definition) is 4. The Bertz CT molecular complexity index is 932. The summed E-state index contributed by atoms with van der Waals surface area (Å²) in [5, 5.41) is 2.54. The fourth-order valence-corrected chi connectivity index (χ4v) is 3.56. The van der Waals surface area contributed by atoms with Gasteiger partial charge in [0.05, 0.1) is 4.90 Å². The molecular weight excluding hydrogens is 427 g/mol. The summed E-state index contributed by atoms with van der Waals surface area (Å²) in [5.41, 5.74) is 0.866. The predicted octanol–water partition coefficient (Wildman–Crippen LogP) is 3.16. The molecule has 0 bridgehead atoms. The van der Waals surface area contributed by atoms with E-state index in [-0.39, 0.29) is 10.6 Å². The predicted molar refractivity (Wildman–Crippen MR) is 100 cm³/mol. The summed E-state index contributed by atoms with van der Waals surface area (Å²) in [6.07, 6.45) is 0. The molecule has 2 rings (SSSR count). The summed E-state index contributed by atoms with van der Waals surface area (Å²) in [6.45, 7) is 1.25. The molecule has 9 heteroatoms. The fourth-order valence-electron chi connectivity index (χ4n) is 2.09. The fraction of sp³-hybridized carbons (Fsp3) is 0.235. The Morgan fingerprint density at radius 1 is 1.23 bits per heavy atom. The number of rotatable bonds is 6. The Labute approximate surface area is 160 Å². The second-order valence-electron chi connectivity index (χ2n) is 5.68. The van der Waals surface area contributed by atoms with Crippen LogP contribution in [0.4, 0.5) is 10.1 Å². The highest BCUT2D eigenvalue weighted by Gasteiger charge is 2.20.